The lowest BCUT2D eigenvalue weighted by Crippen LogP contribution is -2.10. The lowest BCUT2D eigenvalue weighted by molar-refractivity contribution is -0.115. The largest absolute Gasteiger partial charge is 0.504 e. The predicted molar refractivity (Wildman–Crippen MR) is 61.6 cm³/mol. The number of hydrogen-bond donors (Lipinski definition) is 2. The maximum atomic E-state index is 11.2. The second-order valence-corrected chi connectivity index (χ2v) is 3.67. The first-order valence-corrected chi connectivity index (χ1v) is 4.89. The summed E-state index contributed by atoms with van der Waals surface area (Å²) in [5, 5.41) is 12.4. The quantitative estimate of drug-likeness (QED) is 0.635. The van der Waals surface area contributed by atoms with Crippen LogP contribution in [0.5, 0.6) is 5.75 Å². The Morgan fingerprint density at radius 2 is 2.20 bits per heavy atom. The van der Waals surface area contributed by atoms with Crippen molar-refractivity contribution in [3.63, 3.8) is 0 Å². The van der Waals surface area contributed by atoms with Crippen molar-refractivity contribution in [3.8, 4) is 5.75 Å². The molecule has 0 spiro atoms. The lowest BCUT2D eigenvalue weighted by atomic mass is 10.2. The highest BCUT2D eigenvalue weighted by atomic mass is 35.5. The minimum absolute atomic E-state index is 0.0939. The third-order valence-corrected chi connectivity index (χ3v) is 2.14. The van der Waals surface area contributed by atoms with E-state index < -0.39 is 0 Å². The van der Waals surface area contributed by atoms with Crippen molar-refractivity contribution in [2.45, 2.75) is 6.42 Å². The molecule has 15 heavy (non-hydrogen) atoms. The average Bonchev–Trinajstić information content (AvgIpc) is 2.13. The first-order valence-electron chi connectivity index (χ1n) is 4.13. The van der Waals surface area contributed by atoms with Crippen molar-refractivity contribution in [1.82, 2.24) is 0 Å². The lowest BCUT2D eigenvalue weighted by Gasteiger charge is -2.07. The number of rotatable bonds is 3. The first kappa shape index (κ1) is 11.9. The Morgan fingerprint density at radius 3 is 2.80 bits per heavy atom. The van der Waals surface area contributed by atoms with E-state index in [1.807, 2.05) is 0 Å². The molecule has 0 radical (unpaired) electrons. The van der Waals surface area contributed by atoms with Crippen LogP contribution in [0.2, 0.25) is 10.0 Å². The van der Waals surface area contributed by atoms with E-state index in [0.717, 1.165) is 0 Å². The van der Waals surface area contributed by atoms with Crippen molar-refractivity contribution < 1.29 is 9.90 Å². The smallest absolute Gasteiger partial charge is 0.228 e. The summed E-state index contributed by atoms with van der Waals surface area (Å²) < 4.78 is 0. The molecule has 80 valence electrons. The molecule has 0 aliphatic heterocycles. The Labute approximate surface area is 97.3 Å². The number of aromatic hydroxyl groups is 1. The van der Waals surface area contributed by atoms with Gasteiger partial charge in [-0.3, -0.25) is 4.79 Å². The van der Waals surface area contributed by atoms with Crippen molar-refractivity contribution >= 4 is 34.8 Å². The molecule has 0 bridgehead atoms. The number of hydrogen-bond acceptors (Lipinski definition) is 2. The van der Waals surface area contributed by atoms with Gasteiger partial charge in [-0.05, 0) is 12.1 Å². The highest BCUT2D eigenvalue weighted by Crippen LogP contribution is 2.34. The van der Waals surface area contributed by atoms with E-state index >= 15 is 0 Å². The van der Waals surface area contributed by atoms with E-state index in [1.54, 1.807) is 0 Å². The zero-order chi connectivity index (χ0) is 11.4. The molecule has 0 atom stereocenters. The fraction of sp³-hybridized carbons (Fsp3) is 0.100. The summed E-state index contributed by atoms with van der Waals surface area (Å²) in [5.74, 6) is -0.489. The topological polar surface area (TPSA) is 49.3 Å². The van der Waals surface area contributed by atoms with Crippen molar-refractivity contribution in [3.05, 3.63) is 34.8 Å². The van der Waals surface area contributed by atoms with Gasteiger partial charge in [0.25, 0.3) is 0 Å². The fourth-order valence-corrected chi connectivity index (χ4v) is 1.49. The molecule has 1 amide bonds. The molecule has 0 saturated carbocycles. The van der Waals surface area contributed by atoms with Gasteiger partial charge in [0, 0.05) is 11.4 Å². The van der Waals surface area contributed by atoms with Crippen LogP contribution in [0.15, 0.2) is 24.8 Å². The summed E-state index contributed by atoms with van der Waals surface area (Å²) in [4.78, 5) is 11.2. The van der Waals surface area contributed by atoms with Crippen LogP contribution in [-0.4, -0.2) is 11.0 Å². The van der Waals surface area contributed by atoms with Gasteiger partial charge in [0.1, 0.15) is 0 Å². The Bertz CT molecular complexity index is 405. The minimum atomic E-state index is -0.293. The van der Waals surface area contributed by atoms with Gasteiger partial charge in [0.05, 0.1) is 10.7 Å². The van der Waals surface area contributed by atoms with Gasteiger partial charge in [0.15, 0.2) is 5.75 Å². The molecule has 0 aliphatic rings. The van der Waals surface area contributed by atoms with E-state index in [2.05, 4.69) is 11.9 Å². The summed E-state index contributed by atoms with van der Waals surface area (Å²) in [7, 11) is 0. The number of halogens is 2. The summed E-state index contributed by atoms with van der Waals surface area (Å²) in [6.07, 6.45) is 1.61. The Kier molecular flexibility index (Phi) is 4.00. The second kappa shape index (κ2) is 5.05. The molecule has 0 heterocycles. The van der Waals surface area contributed by atoms with Crippen LogP contribution >= 0.6 is 23.2 Å². The van der Waals surface area contributed by atoms with Crippen LogP contribution in [0.25, 0.3) is 0 Å². The summed E-state index contributed by atoms with van der Waals surface area (Å²) in [6.45, 7) is 3.42. The number of phenols is 1. The molecule has 1 aromatic rings. The van der Waals surface area contributed by atoms with Gasteiger partial charge in [-0.15, -0.1) is 6.58 Å². The number of benzene rings is 1. The third-order valence-electron chi connectivity index (χ3n) is 1.63. The monoisotopic (exact) mass is 245 g/mol. The number of amides is 1. The third kappa shape index (κ3) is 3.15. The van der Waals surface area contributed by atoms with Crippen LogP contribution in [0.3, 0.4) is 0 Å². The van der Waals surface area contributed by atoms with Gasteiger partial charge >= 0.3 is 0 Å². The SMILES string of the molecule is C=CCC(=O)Nc1cc(Cl)cc(Cl)c1O. The maximum absolute atomic E-state index is 11.2. The number of nitrogens with one attached hydrogen (secondary N) is 1. The molecule has 0 aliphatic carbocycles. The average molecular weight is 246 g/mol. The number of phenolic OH excluding ortho intramolecular Hbond substituents is 1. The molecular formula is C10H9Cl2NO2. The standard InChI is InChI=1S/C10H9Cl2NO2/c1-2-3-9(14)13-8-5-6(11)4-7(12)10(8)15/h2,4-5,15H,1,3H2,(H,13,14). The van der Waals surface area contributed by atoms with Crippen LogP contribution in [0, 0.1) is 0 Å². The van der Waals surface area contributed by atoms with Gasteiger partial charge in [-0.25, -0.2) is 0 Å². The molecule has 3 nitrogen and oxygen atoms in total. The van der Waals surface area contributed by atoms with Crippen LogP contribution in [-0.2, 0) is 4.79 Å². The van der Waals surface area contributed by atoms with E-state index in [0.29, 0.717) is 5.02 Å². The van der Waals surface area contributed by atoms with E-state index in [-0.39, 0.29) is 28.8 Å². The van der Waals surface area contributed by atoms with Crippen molar-refractivity contribution in [2.24, 2.45) is 0 Å². The van der Waals surface area contributed by atoms with Crippen LogP contribution < -0.4 is 5.32 Å². The molecule has 1 aromatic carbocycles. The van der Waals surface area contributed by atoms with E-state index in [9.17, 15) is 9.90 Å². The normalized spacial score (nSPS) is 9.73. The summed E-state index contributed by atoms with van der Waals surface area (Å²) in [6, 6.07) is 2.81. The van der Waals surface area contributed by atoms with Crippen molar-refractivity contribution in [2.75, 3.05) is 5.32 Å². The van der Waals surface area contributed by atoms with Gasteiger partial charge in [-0.2, -0.15) is 0 Å². The Balaban J connectivity index is 2.94. The highest BCUT2D eigenvalue weighted by Gasteiger charge is 2.09. The highest BCUT2D eigenvalue weighted by molar-refractivity contribution is 6.36. The molecule has 0 aromatic heterocycles. The molecule has 0 unspecified atom stereocenters. The Hall–Kier alpha value is -1.19. The molecular weight excluding hydrogens is 237 g/mol. The maximum Gasteiger partial charge on any atom is 0.228 e. The molecule has 2 N–H and O–H groups in total. The van der Waals surface area contributed by atoms with E-state index in [4.69, 9.17) is 23.2 Å². The Morgan fingerprint density at radius 1 is 1.53 bits per heavy atom. The zero-order valence-corrected chi connectivity index (χ0v) is 9.27. The van der Waals surface area contributed by atoms with Crippen LogP contribution in [0.1, 0.15) is 6.42 Å². The number of carbonyl (C=O) groups excluding carboxylic acids is 1. The van der Waals surface area contributed by atoms with E-state index in [1.165, 1.54) is 18.2 Å². The molecule has 1 rings (SSSR count). The number of carbonyl (C=O) groups is 1. The molecule has 5 heteroatoms. The summed E-state index contributed by atoms with van der Waals surface area (Å²) in [5.41, 5.74) is 0.194. The molecule has 0 fully saturated rings. The van der Waals surface area contributed by atoms with Gasteiger partial charge < -0.3 is 10.4 Å². The van der Waals surface area contributed by atoms with Crippen LogP contribution in [0.4, 0.5) is 5.69 Å². The molecule has 0 saturated heterocycles. The van der Waals surface area contributed by atoms with Gasteiger partial charge in [0.2, 0.25) is 5.91 Å². The second-order valence-electron chi connectivity index (χ2n) is 2.82. The predicted octanol–water partition coefficient (Wildman–Crippen LogP) is 3.21. The van der Waals surface area contributed by atoms with Gasteiger partial charge in [-0.1, -0.05) is 29.3 Å². The summed E-state index contributed by atoms with van der Waals surface area (Å²) >= 11 is 11.4. The fourth-order valence-electron chi connectivity index (χ4n) is 0.994. The first-order chi connectivity index (χ1) is 7.04. The number of anilines is 1. The zero-order valence-electron chi connectivity index (χ0n) is 7.76. The van der Waals surface area contributed by atoms with Crippen molar-refractivity contribution in [1.29, 1.82) is 0 Å². The minimum Gasteiger partial charge on any atom is -0.504 e.